The Balaban J connectivity index is 2.40. The van der Waals surface area contributed by atoms with E-state index in [1.165, 1.54) is 17.7 Å². The van der Waals surface area contributed by atoms with Gasteiger partial charge in [0.1, 0.15) is 0 Å². The molecule has 1 aromatic carbocycles. The van der Waals surface area contributed by atoms with Gasteiger partial charge in [-0.2, -0.15) is 11.8 Å². The molecule has 0 aliphatic carbocycles. The van der Waals surface area contributed by atoms with Crippen LogP contribution in [0.4, 0.5) is 0 Å². The van der Waals surface area contributed by atoms with Gasteiger partial charge in [-0.3, -0.25) is 0 Å². The minimum absolute atomic E-state index is 0.631. The first kappa shape index (κ1) is 11.9. The molecule has 0 saturated heterocycles. The predicted molar refractivity (Wildman–Crippen MR) is 67.4 cm³/mol. The molecule has 14 heavy (non-hydrogen) atoms. The summed E-state index contributed by atoms with van der Waals surface area (Å²) < 4.78 is 0. The SMILES string of the molecule is CSCCC(CCl)Cc1ccccc1. The van der Waals surface area contributed by atoms with E-state index >= 15 is 0 Å². The van der Waals surface area contributed by atoms with Gasteiger partial charge in [-0.1, -0.05) is 30.3 Å². The van der Waals surface area contributed by atoms with Crippen molar-refractivity contribution in [1.29, 1.82) is 0 Å². The number of alkyl halides is 1. The van der Waals surface area contributed by atoms with Crippen molar-refractivity contribution in [2.75, 3.05) is 17.9 Å². The van der Waals surface area contributed by atoms with Crippen LogP contribution in [0.2, 0.25) is 0 Å². The summed E-state index contributed by atoms with van der Waals surface area (Å²) in [6.07, 6.45) is 4.48. The second-order valence-electron chi connectivity index (χ2n) is 3.49. The molecular weight excluding hydrogens is 212 g/mol. The van der Waals surface area contributed by atoms with E-state index in [1.807, 2.05) is 11.8 Å². The second kappa shape index (κ2) is 7.19. The van der Waals surface area contributed by atoms with Crippen LogP contribution in [0, 0.1) is 5.92 Å². The molecule has 0 radical (unpaired) electrons. The van der Waals surface area contributed by atoms with Crippen molar-refractivity contribution in [3.05, 3.63) is 35.9 Å². The zero-order valence-corrected chi connectivity index (χ0v) is 10.2. The maximum absolute atomic E-state index is 5.94. The molecule has 1 atom stereocenters. The molecule has 0 heterocycles. The van der Waals surface area contributed by atoms with Crippen molar-refractivity contribution >= 4 is 23.4 Å². The van der Waals surface area contributed by atoms with Crippen LogP contribution in [0.25, 0.3) is 0 Å². The third-order valence-corrected chi connectivity index (χ3v) is 3.40. The Morgan fingerprint density at radius 1 is 1.29 bits per heavy atom. The zero-order chi connectivity index (χ0) is 10.2. The molecule has 0 aromatic heterocycles. The topological polar surface area (TPSA) is 0 Å². The number of halogens is 1. The summed E-state index contributed by atoms with van der Waals surface area (Å²) in [5.74, 6) is 2.62. The third kappa shape index (κ3) is 4.39. The van der Waals surface area contributed by atoms with Crippen LogP contribution in [0.15, 0.2) is 30.3 Å². The van der Waals surface area contributed by atoms with Crippen LogP contribution in [0.5, 0.6) is 0 Å². The molecule has 78 valence electrons. The van der Waals surface area contributed by atoms with Gasteiger partial charge in [0.25, 0.3) is 0 Å². The molecule has 0 saturated carbocycles. The zero-order valence-electron chi connectivity index (χ0n) is 8.58. The fourth-order valence-electron chi connectivity index (χ4n) is 1.47. The second-order valence-corrected chi connectivity index (χ2v) is 4.79. The Hall–Kier alpha value is -0.140. The average Bonchev–Trinajstić information content (AvgIpc) is 2.25. The number of thioether (sulfide) groups is 1. The first-order valence-corrected chi connectivity index (χ1v) is 6.88. The molecule has 0 amide bonds. The van der Waals surface area contributed by atoms with Crippen molar-refractivity contribution in [2.45, 2.75) is 12.8 Å². The van der Waals surface area contributed by atoms with E-state index in [1.54, 1.807) is 0 Å². The van der Waals surface area contributed by atoms with Crippen LogP contribution in [0.1, 0.15) is 12.0 Å². The highest BCUT2D eigenvalue weighted by molar-refractivity contribution is 7.98. The predicted octanol–water partition coefficient (Wildman–Crippen LogP) is 3.84. The minimum Gasteiger partial charge on any atom is -0.165 e. The molecule has 1 aromatic rings. The minimum atomic E-state index is 0.631. The van der Waals surface area contributed by atoms with E-state index in [9.17, 15) is 0 Å². The van der Waals surface area contributed by atoms with Crippen LogP contribution in [0.3, 0.4) is 0 Å². The maximum Gasteiger partial charge on any atom is 0.0255 e. The lowest BCUT2D eigenvalue weighted by Crippen LogP contribution is -2.07. The first-order valence-electron chi connectivity index (χ1n) is 4.95. The highest BCUT2D eigenvalue weighted by atomic mass is 35.5. The molecule has 0 bridgehead atoms. The fourth-order valence-corrected chi connectivity index (χ4v) is 2.30. The Morgan fingerprint density at radius 2 is 2.00 bits per heavy atom. The largest absolute Gasteiger partial charge is 0.165 e. The normalized spacial score (nSPS) is 12.7. The van der Waals surface area contributed by atoms with E-state index < -0.39 is 0 Å². The molecule has 1 unspecified atom stereocenters. The van der Waals surface area contributed by atoms with Crippen LogP contribution >= 0.6 is 23.4 Å². The molecule has 0 aliphatic heterocycles. The molecule has 0 fully saturated rings. The number of hydrogen-bond acceptors (Lipinski definition) is 1. The molecule has 0 aliphatic rings. The highest BCUT2D eigenvalue weighted by Gasteiger charge is 2.07. The van der Waals surface area contributed by atoms with Crippen LogP contribution < -0.4 is 0 Å². The van der Waals surface area contributed by atoms with E-state index in [-0.39, 0.29) is 0 Å². The molecular formula is C12H17ClS. The molecule has 2 heteroatoms. The van der Waals surface area contributed by atoms with Gasteiger partial charge >= 0.3 is 0 Å². The number of rotatable bonds is 6. The van der Waals surface area contributed by atoms with Crippen molar-refractivity contribution in [1.82, 2.24) is 0 Å². The van der Waals surface area contributed by atoms with E-state index in [2.05, 4.69) is 36.6 Å². The highest BCUT2D eigenvalue weighted by Crippen LogP contribution is 2.15. The van der Waals surface area contributed by atoms with Gasteiger partial charge in [-0.25, -0.2) is 0 Å². The smallest absolute Gasteiger partial charge is 0.0255 e. The van der Waals surface area contributed by atoms with Gasteiger partial charge in [0.15, 0.2) is 0 Å². The van der Waals surface area contributed by atoms with Crippen molar-refractivity contribution in [2.24, 2.45) is 5.92 Å². The van der Waals surface area contributed by atoms with Crippen molar-refractivity contribution in [3.8, 4) is 0 Å². The van der Waals surface area contributed by atoms with Crippen LogP contribution in [-0.2, 0) is 6.42 Å². The van der Waals surface area contributed by atoms with E-state index in [0.29, 0.717) is 5.92 Å². The molecule has 0 N–H and O–H groups in total. The van der Waals surface area contributed by atoms with E-state index in [0.717, 1.165) is 12.3 Å². The van der Waals surface area contributed by atoms with Gasteiger partial charge in [-0.05, 0) is 36.3 Å². The lowest BCUT2D eigenvalue weighted by Gasteiger charge is -2.12. The first-order chi connectivity index (χ1) is 6.86. The van der Waals surface area contributed by atoms with Crippen LogP contribution in [-0.4, -0.2) is 17.9 Å². The van der Waals surface area contributed by atoms with Gasteiger partial charge in [0, 0.05) is 5.88 Å². The standard InChI is InChI=1S/C12H17ClS/c1-14-8-7-12(10-13)9-11-5-3-2-4-6-11/h2-6,12H,7-10H2,1H3. The van der Waals surface area contributed by atoms with Gasteiger partial charge in [0.05, 0.1) is 0 Å². The molecule has 1 rings (SSSR count). The average molecular weight is 229 g/mol. The Bertz CT molecular complexity index is 235. The summed E-state index contributed by atoms with van der Waals surface area (Å²) >= 11 is 7.84. The Kier molecular flexibility index (Phi) is 6.13. The fraction of sp³-hybridized carbons (Fsp3) is 0.500. The maximum atomic E-state index is 5.94. The lowest BCUT2D eigenvalue weighted by molar-refractivity contribution is 0.572. The lowest BCUT2D eigenvalue weighted by atomic mass is 9.99. The third-order valence-electron chi connectivity index (χ3n) is 2.32. The van der Waals surface area contributed by atoms with E-state index in [4.69, 9.17) is 11.6 Å². The quantitative estimate of drug-likeness (QED) is 0.667. The van der Waals surface area contributed by atoms with Crippen molar-refractivity contribution < 1.29 is 0 Å². The van der Waals surface area contributed by atoms with Gasteiger partial charge in [-0.15, -0.1) is 11.6 Å². The number of hydrogen-bond donors (Lipinski definition) is 0. The van der Waals surface area contributed by atoms with Gasteiger partial charge in [0.2, 0.25) is 0 Å². The molecule has 0 spiro atoms. The van der Waals surface area contributed by atoms with Crippen molar-refractivity contribution in [3.63, 3.8) is 0 Å². The monoisotopic (exact) mass is 228 g/mol. The molecule has 0 nitrogen and oxygen atoms in total. The van der Waals surface area contributed by atoms with Gasteiger partial charge < -0.3 is 0 Å². The summed E-state index contributed by atoms with van der Waals surface area (Å²) in [6, 6.07) is 10.6. The number of benzene rings is 1. The summed E-state index contributed by atoms with van der Waals surface area (Å²) in [5.41, 5.74) is 1.40. The summed E-state index contributed by atoms with van der Waals surface area (Å²) in [5, 5.41) is 0. The Morgan fingerprint density at radius 3 is 2.57 bits per heavy atom. The summed E-state index contributed by atoms with van der Waals surface area (Å²) in [4.78, 5) is 0. The summed E-state index contributed by atoms with van der Waals surface area (Å²) in [6.45, 7) is 0. The Labute approximate surface area is 96.0 Å². The summed E-state index contributed by atoms with van der Waals surface area (Å²) in [7, 11) is 0.